The van der Waals surface area contributed by atoms with E-state index in [9.17, 15) is 40.7 Å². The molecule has 8 nitrogen and oxygen atoms in total. The Morgan fingerprint density at radius 1 is 1.09 bits per heavy atom. The first kappa shape index (κ1) is 34.0. The number of hydrogen-bond acceptors (Lipinski definition) is 5. The van der Waals surface area contributed by atoms with Gasteiger partial charge in [-0.3, -0.25) is 19.4 Å². The van der Waals surface area contributed by atoms with Crippen molar-refractivity contribution in [1.29, 1.82) is 0 Å². The van der Waals surface area contributed by atoms with E-state index in [1.54, 1.807) is 18.3 Å². The van der Waals surface area contributed by atoms with Crippen LogP contribution in [0.15, 0.2) is 42.7 Å². The molecule has 16 heteroatoms. The van der Waals surface area contributed by atoms with Gasteiger partial charge in [-0.1, -0.05) is 6.07 Å². The van der Waals surface area contributed by atoms with Gasteiger partial charge in [0.25, 0.3) is 5.91 Å². The number of anilines is 1. The van der Waals surface area contributed by atoms with Crippen LogP contribution in [0.5, 0.6) is 0 Å². The van der Waals surface area contributed by atoms with Gasteiger partial charge in [0.05, 0.1) is 11.0 Å². The standard InChI is InChI=1S/C29H23F6N5O3.2ClH/c1-13-16(22-18(30)4-5-19(31)23(22)32)8-20(26(42)40(13)12-29(33,34)35)38-25(41)15-7-14-9-28(10-21(14)37-11-15)17-3-2-6-36-24(17)39-27(28)43;;/h2-7,11,13,16,20H,8-10,12H2,1H3,(H,38,41)(H,36,39,43);2*1H/t13-,16-,20+,28+;;/m1../s1. The first-order chi connectivity index (χ1) is 20.3. The minimum atomic E-state index is -4.86. The average molecular weight is 676 g/mol. The molecule has 4 atom stereocenters. The number of amides is 3. The summed E-state index contributed by atoms with van der Waals surface area (Å²) in [4.78, 5) is 48.4. The number of halogens is 8. The van der Waals surface area contributed by atoms with Crippen molar-refractivity contribution in [3.8, 4) is 0 Å². The van der Waals surface area contributed by atoms with Gasteiger partial charge in [-0.15, -0.1) is 24.8 Å². The maximum atomic E-state index is 14.7. The highest BCUT2D eigenvalue weighted by molar-refractivity contribution is 6.06. The van der Waals surface area contributed by atoms with E-state index in [1.807, 2.05) is 0 Å². The van der Waals surface area contributed by atoms with Gasteiger partial charge < -0.3 is 15.5 Å². The van der Waals surface area contributed by atoms with Gasteiger partial charge in [0.2, 0.25) is 11.8 Å². The Balaban J connectivity index is 0.00000230. The summed E-state index contributed by atoms with van der Waals surface area (Å²) in [7, 11) is 0. The van der Waals surface area contributed by atoms with Crippen LogP contribution in [0.25, 0.3) is 0 Å². The number of hydrogen-bond donors (Lipinski definition) is 2. The molecule has 1 aromatic carbocycles. The predicted octanol–water partition coefficient (Wildman–Crippen LogP) is 4.79. The van der Waals surface area contributed by atoms with Crippen LogP contribution in [0, 0.1) is 17.5 Å². The summed E-state index contributed by atoms with van der Waals surface area (Å²) in [6, 6.07) is 3.19. The third-order valence-corrected chi connectivity index (χ3v) is 8.52. The maximum Gasteiger partial charge on any atom is 0.406 e. The van der Waals surface area contributed by atoms with Crippen LogP contribution in [0.2, 0.25) is 0 Å². The lowest BCUT2D eigenvalue weighted by Gasteiger charge is -2.43. The quantitative estimate of drug-likeness (QED) is 0.306. The monoisotopic (exact) mass is 675 g/mol. The number of fused-ring (bicyclic) bond motifs is 3. The normalized spacial score (nSPS) is 23.5. The number of alkyl halides is 3. The van der Waals surface area contributed by atoms with Crippen LogP contribution in [0.3, 0.4) is 0 Å². The van der Waals surface area contributed by atoms with Crippen LogP contribution in [-0.4, -0.2) is 57.4 Å². The SMILES string of the molecule is C[C@@H]1[C@H](c2c(F)ccc(F)c2F)C[C@H](NC(=O)c2cnc3c(c2)C[C@@]2(C3)C(=O)Nc3ncccc32)C(=O)N1CC(F)(F)F.Cl.Cl. The molecule has 3 aliphatic rings. The largest absolute Gasteiger partial charge is 0.406 e. The molecule has 3 amide bonds. The Morgan fingerprint density at radius 2 is 1.80 bits per heavy atom. The number of likely N-dealkylation sites (tertiary alicyclic amines) is 1. The smallest absolute Gasteiger partial charge is 0.340 e. The van der Waals surface area contributed by atoms with Crippen LogP contribution in [-0.2, 0) is 27.8 Å². The van der Waals surface area contributed by atoms with E-state index >= 15 is 0 Å². The fraction of sp³-hybridized carbons (Fsp3) is 0.345. The predicted molar refractivity (Wildman–Crippen MR) is 153 cm³/mol. The zero-order chi connectivity index (χ0) is 30.8. The summed E-state index contributed by atoms with van der Waals surface area (Å²) < 4.78 is 83.8. The molecular formula is C29H25Cl2F6N5O3. The number of benzene rings is 1. The summed E-state index contributed by atoms with van der Waals surface area (Å²) in [5.74, 6) is -7.38. The van der Waals surface area contributed by atoms with Crippen molar-refractivity contribution in [2.24, 2.45) is 0 Å². The highest BCUT2D eigenvalue weighted by atomic mass is 35.5. The lowest BCUT2D eigenvalue weighted by molar-refractivity contribution is -0.170. The lowest BCUT2D eigenvalue weighted by atomic mass is 9.80. The highest BCUT2D eigenvalue weighted by Crippen LogP contribution is 2.46. The van der Waals surface area contributed by atoms with Crippen molar-refractivity contribution >= 4 is 48.4 Å². The molecule has 6 rings (SSSR count). The summed E-state index contributed by atoms with van der Waals surface area (Å²) in [5.41, 5.74) is 0.0460. The number of piperidine rings is 1. The fourth-order valence-electron chi connectivity index (χ4n) is 6.43. The number of carbonyl (C=O) groups excluding carboxylic acids is 3. The Hall–Kier alpha value is -3.91. The molecule has 3 aromatic rings. The molecular weight excluding hydrogens is 651 g/mol. The Kier molecular flexibility index (Phi) is 9.15. The zero-order valence-electron chi connectivity index (χ0n) is 23.3. The number of aromatic nitrogens is 2. The van der Waals surface area contributed by atoms with Crippen molar-refractivity contribution in [2.75, 3.05) is 11.9 Å². The van der Waals surface area contributed by atoms with Gasteiger partial charge in [-0.2, -0.15) is 13.2 Å². The molecule has 2 aromatic heterocycles. The van der Waals surface area contributed by atoms with Crippen molar-refractivity contribution in [2.45, 2.75) is 55.8 Å². The Morgan fingerprint density at radius 3 is 2.51 bits per heavy atom. The van der Waals surface area contributed by atoms with Crippen molar-refractivity contribution in [1.82, 2.24) is 20.2 Å². The molecule has 0 bridgehead atoms. The van der Waals surface area contributed by atoms with E-state index in [0.717, 1.165) is 0 Å². The van der Waals surface area contributed by atoms with Crippen molar-refractivity contribution in [3.63, 3.8) is 0 Å². The topological polar surface area (TPSA) is 104 Å². The summed E-state index contributed by atoms with van der Waals surface area (Å²) in [6.45, 7) is -0.557. The first-order valence-corrected chi connectivity index (χ1v) is 13.4. The van der Waals surface area contributed by atoms with E-state index < -0.39 is 77.4 Å². The first-order valence-electron chi connectivity index (χ1n) is 13.4. The van der Waals surface area contributed by atoms with Crippen molar-refractivity contribution in [3.05, 3.63) is 88.1 Å². The van der Waals surface area contributed by atoms with Gasteiger partial charge in [0, 0.05) is 47.6 Å². The molecule has 4 heterocycles. The van der Waals surface area contributed by atoms with E-state index in [1.165, 1.54) is 19.2 Å². The number of nitrogens with one attached hydrogen (secondary N) is 2. The number of nitrogens with zero attached hydrogens (tertiary/aromatic N) is 3. The summed E-state index contributed by atoms with van der Waals surface area (Å²) >= 11 is 0. The number of pyridine rings is 2. The van der Waals surface area contributed by atoms with E-state index in [4.69, 9.17) is 0 Å². The maximum absolute atomic E-state index is 14.7. The van der Waals surface area contributed by atoms with Gasteiger partial charge >= 0.3 is 6.18 Å². The molecule has 1 aliphatic carbocycles. The van der Waals surface area contributed by atoms with Crippen LogP contribution in [0.4, 0.5) is 32.2 Å². The minimum Gasteiger partial charge on any atom is -0.340 e. The van der Waals surface area contributed by atoms with E-state index in [-0.39, 0.29) is 49.1 Å². The number of carbonyl (C=O) groups is 3. The molecule has 2 N–H and O–H groups in total. The lowest BCUT2D eigenvalue weighted by Crippen LogP contribution is -2.60. The molecule has 2 aliphatic heterocycles. The van der Waals surface area contributed by atoms with Crippen LogP contribution in [0.1, 0.15) is 52.0 Å². The Bertz CT molecular complexity index is 1690. The molecule has 1 fully saturated rings. The fourth-order valence-corrected chi connectivity index (χ4v) is 6.43. The second-order valence-corrected chi connectivity index (χ2v) is 11.1. The van der Waals surface area contributed by atoms with Crippen LogP contribution < -0.4 is 10.6 Å². The second kappa shape index (κ2) is 12.1. The van der Waals surface area contributed by atoms with E-state index in [2.05, 4.69) is 20.6 Å². The second-order valence-electron chi connectivity index (χ2n) is 11.1. The third kappa shape index (κ3) is 5.81. The molecule has 1 spiro atoms. The molecule has 1 saturated heterocycles. The number of rotatable bonds is 4. The molecule has 0 radical (unpaired) electrons. The highest BCUT2D eigenvalue weighted by Gasteiger charge is 2.52. The van der Waals surface area contributed by atoms with Gasteiger partial charge in [-0.25, -0.2) is 18.2 Å². The molecule has 45 heavy (non-hydrogen) atoms. The summed E-state index contributed by atoms with van der Waals surface area (Å²) in [5, 5.41) is 5.14. The van der Waals surface area contributed by atoms with Crippen LogP contribution >= 0.6 is 24.8 Å². The van der Waals surface area contributed by atoms with E-state index in [0.29, 0.717) is 39.7 Å². The van der Waals surface area contributed by atoms with Gasteiger partial charge in [-0.05, 0) is 49.6 Å². The Labute approximate surface area is 264 Å². The van der Waals surface area contributed by atoms with Crippen molar-refractivity contribution < 1.29 is 40.7 Å². The third-order valence-electron chi connectivity index (χ3n) is 8.52. The summed E-state index contributed by atoms with van der Waals surface area (Å²) in [6.07, 6.45) is -2.11. The average Bonchev–Trinajstić information content (AvgIpc) is 3.47. The minimum absolute atomic E-state index is 0. The van der Waals surface area contributed by atoms with Gasteiger partial charge in [0.15, 0.2) is 11.6 Å². The molecule has 240 valence electrons. The molecule has 0 unspecified atom stereocenters. The zero-order valence-corrected chi connectivity index (χ0v) is 24.9. The molecule has 0 saturated carbocycles. The van der Waals surface area contributed by atoms with Gasteiger partial charge in [0.1, 0.15) is 24.2 Å².